The molecular weight excluding hydrogens is 216 g/mol. The van der Waals surface area contributed by atoms with Gasteiger partial charge in [-0.15, -0.1) is 4.33 Å². The van der Waals surface area contributed by atoms with Crippen LogP contribution in [0.5, 0.6) is 0 Å². The van der Waals surface area contributed by atoms with Crippen molar-refractivity contribution in [3.8, 4) is 0 Å². The summed E-state index contributed by atoms with van der Waals surface area (Å²) < 4.78 is 23.4. The first kappa shape index (κ1) is 13.1. The molecule has 1 atom stereocenters. The van der Waals surface area contributed by atoms with Crippen molar-refractivity contribution < 1.29 is 18.0 Å². The fraction of sp³-hybridized carbons (Fsp3) is 1.00. The van der Waals surface area contributed by atoms with Gasteiger partial charge in [0.1, 0.15) is 5.60 Å². The zero-order chi connectivity index (χ0) is 11.1. The SMILES string of the molecule is CCCCC1(OOS(=O)O)CCCCC1. The van der Waals surface area contributed by atoms with Crippen molar-refractivity contribution in [2.24, 2.45) is 0 Å². The summed E-state index contributed by atoms with van der Waals surface area (Å²) in [7, 11) is 0. The molecule has 0 aromatic heterocycles. The van der Waals surface area contributed by atoms with Crippen LogP contribution in [0.1, 0.15) is 58.3 Å². The third-order valence-electron chi connectivity index (χ3n) is 3.02. The Labute approximate surface area is 93.8 Å². The predicted molar refractivity (Wildman–Crippen MR) is 58.3 cm³/mol. The van der Waals surface area contributed by atoms with E-state index >= 15 is 0 Å². The Morgan fingerprint density at radius 2 is 2.00 bits per heavy atom. The van der Waals surface area contributed by atoms with Crippen molar-refractivity contribution in [2.75, 3.05) is 0 Å². The van der Waals surface area contributed by atoms with Crippen LogP contribution in [0.3, 0.4) is 0 Å². The van der Waals surface area contributed by atoms with E-state index in [2.05, 4.69) is 11.3 Å². The highest BCUT2D eigenvalue weighted by Crippen LogP contribution is 2.36. The van der Waals surface area contributed by atoms with Crippen molar-refractivity contribution >= 4 is 11.4 Å². The lowest BCUT2D eigenvalue weighted by atomic mass is 9.81. The lowest BCUT2D eigenvalue weighted by Gasteiger charge is -2.34. The van der Waals surface area contributed by atoms with E-state index in [1.165, 1.54) is 6.42 Å². The van der Waals surface area contributed by atoms with E-state index in [0.717, 1.165) is 44.9 Å². The van der Waals surface area contributed by atoms with Crippen molar-refractivity contribution in [3.63, 3.8) is 0 Å². The molecule has 1 N–H and O–H groups in total. The quantitative estimate of drug-likeness (QED) is 0.437. The summed E-state index contributed by atoms with van der Waals surface area (Å²) in [5.41, 5.74) is -0.313. The van der Waals surface area contributed by atoms with Gasteiger partial charge in [0.05, 0.1) is 0 Å². The second kappa shape index (κ2) is 6.58. The van der Waals surface area contributed by atoms with Crippen molar-refractivity contribution in [1.82, 2.24) is 0 Å². The van der Waals surface area contributed by atoms with Gasteiger partial charge in [0.25, 0.3) is 0 Å². The van der Waals surface area contributed by atoms with Crippen LogP contribution in [0, 0.1) is 0 Å². The van der Waals surface area contributed by atoms with Crippen molar-refractivity contribution in [1.29, 1.82) is 0 Å². The normalized spacial score (nSPS) is 22.5. The lowest BCUT2D eigenvalue weighted by molar-refractivity contribution is -0.300. The third-order valence-corrected chi connectivity index (χ3v) is 3.20. The minimum absolute atomic E-state index is 0.313. The molecule has 0 amide bonds. The van der Waals surface area contributed by atoms with Gasteiger partial charge in [-0.1, -0.05) is 39.0 Å². The average molecular weight is 236 g/mol. The van der Waals surface area contributed by atoms with Gasteiger partial charge in [-0.2, -0.15) is 4.21 Å². The molecule has 0 saturated heterocycles. The Kier molecular flexibility index (Phi) is 5.74. The molecule has 1 fully saturated rings. The van der Waals surface area contributed by atoms with Crippen LogP contribution in [-0.4, -0.2) is 14.4 Å². The van der Waals surface area contributed by atoms with E-state index in [0.29, 0.717) is 0 Å². The first-order valence-corrected chi connectivity index (χ1v) is 6.69. The lowest BCUT2D eigenvalue weighted by Crippen LogP contribution is -2.35. The zero-order valence-corrected chi connectivity index (χ0v) is 10.1. The van der Waals surface area contributed by atoms with Crippen LogP contribution in [0.25, 0.3) is 0 Å². The number of hydrogen-bond donors (Lipinski definition) is 1. The van der Waals surface area contributed by atoms with E-state index in [9.17, 15) is 4.21 Å². The molecule has 90 valence electrons. The largest absolute Gasteiger partial charge is 0.331 e. The van der Waals surface area contributed by atoms with Crippen LogP contribution >= 0.6 is 0 Å². The number of rotatable bonds is 6. The van der Waals surface area contributed by atoms with Crippen LogP contribution < -0.4 is 0 Å². The number of unbranched alkanes of at least 4 members (excludes halogenated alkanes) is 1. The Bertz CT molecular complexity index is 202. The minimum atomic E-state index is -2.32. The molecule has 0 aliphatic heterocycles. The summed E-state index contributed by atoms with van der Waals surface area (Å²) in [5.74, 6) is 0. The smallest absolute Gasteiger partial charge is 0.282 e. The molecule has 0 bridgehead atoms. The van der Waals surface area contributed by atoms with Crippen LogP contribution in [0.4, 0.5) is 0 Å². The second-order valence-corrected chi connectivity index (χ2v) is 4.79. The van der Waals surface area contributed by atoms with Gasteiger partial charge >= 0.3 is 11.4 Å². The molecule has 15 heavy (non-hydrogen) atoms. The number of hydrogen-bond acceptors (Lipinski definition) is 3. The molecule has 1 saturated carbocycles. The highest BCUT2D eigenvalue weighted by Gasteiger charge is 2.34. The van der Waals surface area contributed by atoms with Gasteiger partial charge in [0, 0.05) is 0 Å². The molecule has 0 aromatic rings. The van der Waals surface area contributed by atoms with Crippen LogP contribution in [0.15, 0.2) is 0 Å². The molecule has 0 radical (unpaired) electrons. The standard InChI is InChI=1S/C10H20O4S/c1-2-3-7-10(13-14-15(11)12)8-5-4-6-9-10/h2-9H2,1H3,(H,11,12). The molecule has 1 unspecified atom stereocenters. The Morgan fingerprint density at radius 1 is 1.33 bits per heavy atom. The van der Waals surface area contributed by atoms with Gasteiger partial charge in [0.2, 0.25) is 0 Å². The maximum absolute atomic E-state index is 10.4. The molecule has 0 spiro atoms. The summed E-state index contributed by atoms with van der Waals surface area (Å²) in [4.78, 5) is 5.18. The molecular formula is C10H20O4S. The molecule has 1 aliphatic rings. The average Bonchev–Trinajstić information content (AvgIpc) is 2.25. The van der Waals surface area contributed by atoms with E-state index in [1.54, 1.807) is 0 Å². The summed E-state index contributed by atoms with van der Waals surface area (Å²) in [6.45, 7) is 2.13. The van der Waals surface area contributed by atoms with Crippen molar-refractivity contribution in [2.45, 2.75) is 63.9 Å². The van der Waals surface area contributed by atoms with E-state index in [1.807, 2.05) is 0 Å². The van der Waals surface area contributed by atoms with Gasteiger partial charge in [-0.05, 0) is 19.3 Å². The van der Waals surface area contributed by atoms with Crippen LogP contribution in [0.2, 0.25) is 0 Å². The highest BCUT2D eigenvalue weighted by molar-refractivity contribution is 7.74. The molecule has 1 aliphatic carbocycles. The molecule has 1 rings (SSSR count). The highest BCUT2D eigenvalue weighted by atomic mass is 32.2. The maximum atomic E-state index is 10.4. The van der Waals surface area contributed by atoms with Crippen molar-refractivity contribution in [3.05, 3.63) is 0 Å². The Hall–Kier alpha value is 0.0300. The Balaban J connectivity index is 2.45. The van der Waals surface area contributed by atoms with E-state index in [-0.39, 0.29) is 5.60 Å². The van der Waals surface area contributed by atoms with E-state index in [4.69, 9.17) is 9.44 Å². The topological polar surface area (TPSA) is 55.8 Å². The van der Waals surface area contributed by atoms with Gasteiger partial charge in [-0.25, -0.2) is 4.89 Å². The van der Waals surface area contributed by atoms with Crippen LogP contribution in [-0.2, 0) is 20.6 Å². The third kappa shape index (κ3) is 4.59. The van der Waals surface area contributed by atoms with Gasteiger partial charge in [-0.3, -0.25) is 4.55 Å². The zero-order valence-electron chi connectivity index (χ0n) is 9.24. The maximum Gasteiger partial charge on any atom is 0.331 e. The molecule has 0 heterocycles. The first-order valence-electron chi connectivity index (χ1n) is 5.65. The fourth-order valence-electron chi connectivity index (χ4n) is 2.17. The fourth-order valence-corrected chi connectivity index (χ4v) is 2.37. The molecule has 5 heteroatoms. The van der Waals surface area contributed by atoms with E-state index < -0.39 is 11.4 Å². The second-order valence-electron chi connectivity index (χ2n) is 4.22. The minimum Gasteiger partial charge on any atom is -0.282 e. The molecule has 4 nitrogen and oxygen atoms in total. The summed E-state index contributed by atoms with van der Waals surface area (Å²) in [6.07, 6.45) is 8.42. The Morgan fingerprint density at radius 3 is 2.53 bits per heavy atom. The van der Waals surface area contributed by atoms with Gasteiger partial charge < -0.3 is 0 Å². The molecule has 0 aromatic carbocycles. The summed E-state index contributed by atoms with van der Waals surface area (Å²) in [5, 5.41) is 0. The summed E-state index contributed by atoms with van der Waals surface area (Å²) >= 11 is -2.32. The first-order chi connectivity index (χ1) is 7.18. The predicted octanol–water partition coefficient (Wildman–Crippen LogP) is 2.96. The monoisotopic (exact) mass is 236 g/mol. The van der Waals surface area contributed by atoms with Gasteiger partial charge in [0.15, 0.2) is 0 Å². The summed E-state index contributed by atoms with van der Waals surface area (Å²) in [6, 6.07) is 0.